The zero-order chi connectivity index (χ0) is 13.9. The average molecular weight is 306 g/mol. The summed E-state index contributed by atoms with van der Waals surface area (Å²) < 4.78 is 38.7. The van der Waals surface area contributed by atoms with E-state index in [0.29, 0.717) is 10.9 Å². The highest BCUT2D eigenvalue weighted by Gasteiger charge is 2.35. The molecule has 1 N–H and O–H groups in total. The van der Waals surface area contributed by atoms with Crippen LogP contribution in [0.1, 0.15) is 12.7 Å². The molecule has 0 fully saturated rings. The van der Waals surface area contributed by atoms with Crippen molar-refractivity contribution in [2.24, 2.45) is 0 Å². The normalized spacial score (nSPS) is 11.6. The summed E-state index contributed by atoms with van der Waals surface area (Å²) in [5.74, 6) is -0.992. The van der Waals surface area contributed by atoms with Crippen molar-refractivity contribution >= 4 is 28.9 Å². The van der Waals surface area contributed by atoms with Gasteiger partial charge >= 0.3 is 6.18 Å². The van der Waals surface area contributed by atoms with E-state index in [0.717, 1.165) is 11.8 Å². The standard InChI is InChI=1S/C10H9F3N4S2/c1-2-14-6-5-7(19-9-15-3-4-18-9)17-8(16-6)10(11,12)13/h3-5H,2H2,1H3,(H,14,16,17). The molecule has 0 saturated carbocycles. The smallest absolute Gasteiger partial charge is 0.370 e. The lowest BCUT2D eigenvalue weighted by Gasteiger charge is -2.09. The molecule has 0 bridgehead atoms. The molecule has 2 aromatic rings. The molecule has 19 heavy (non-hydrogen) atoms. The molecule has 102 valence electrons. The van der Waals surface area contributed by atoms with Gasteiger partial charge in [-0.15, -0.1) is 11.3 Å². The van der Waals surface area contributed by atoms with Gasteiger partial charge in [0.25, 0.3) is 0 Å². The summed E-state index contributed by atoms with van der Waals surface area (Å²) in [6.07, 6.45) is -2.98. The van der Waals surface area contributed by atoms with E-state index in [1.807, 2.05) is 0 Å². The molecule has 0 atom stereocenters. The van der Waals surface area contributed by atoms with Crippen molar-refractivity contribution < 1.29 is 13.2 Å². The van der Waals surface area contributed by atoms with Crippen LogP contribution in [0.2, 0.25) is 0 Å². The van der Waals surface area contributed by atoms with Gasteiger partial charge in [-0.1, -0.05) is 0 Å². The highest BCUT2D eigenvalue weighted by Crippen LogP contribution is 2.32. The van der Waals surface area contributed by atoms with Crippen LogP contribution in [0, 0.1) is 0 Å². The molecule has 0 radical (unpaired) electrons. The Bertz CT molecular complexity index is 542. The molecule has 9 heteroatoms. The molecule has 2 aromatic heterocycles. The van der Waals surface area contributed by atoms with Crippen LogP contribution >= 0.6 is 23.1 Å². The number of halogens is 3. The first-order valence-corrected chi connectivity index (χ1v) is 6.96. The Kier molecular flexibility index (Phi) is 4.25. The molecule has 4 nitrogen and oxygen atoms in total. The van der Waals surface area contributed by atoms with Gasteiger partial charge in [-0.05, 0) is 18.7 Å². The molecular weight excluding hydrogens is 297 g/mol. The van der Waals surface area contributed by atoms with E-state index in [2.05, 4.69) is 20.3 Å². The molecule has 0 aliphatic heterocycles. The Morgan fingerprint density at radius 2 is 2.16 bits per heavy atom. The number of nitrogens with one attached hydrogen (secondary N) is 1. The third-order valence-electron chi connectivity index (χ3n) is 1.92. The number of thiazole rings is 1. The minimum Gasteiger partial charge on any atom is -0.370 e. The number of alkyl halides is 3. The highest BCUT2D eigenvalue weighted by molar-refractivity contribution is 8.01. The number of anilines is 1. The fraction of sp³-hybridized carbons (Fsp3) is 0.300. The third kappa shape index (κ3) is 3.80. The average Bonchev–Trinajstić information content (AvgIpc) is 2.81. The minimum atomic E-state index is -4.57. The van der Waals surface area contributed by atoms with Crippen LogP contribution in [-0.4, -0.2) is 21.5 Å². The Balaban J connectivity index is 2.34. The molecule has 0 amide bonds. The van der Waals surface area contributed by atoms with E-state index in [4.69, 9.17) is 0 Å². The third-order valence-corrected chi connectivity index (χ3v) is 3.72. The summed E-state index contributed by atoms with van der Waals surface area (Å²) >= 11 is 2.42. The van der Waals surface area contributed by atoms with Crippen molar-refractivity contribution in [3.8, 4) is 0 Å². The maximum atomic E-state index is 12.7. The largest absolute Gasteiger partial charge is 0.451 e. The fourth-order valence-electron chi connectivity index (χ4n) is 1.23. The molecule has 2 rings (SSSR count). The van der Waals surface area contributed by atoms with E-state index in [1.165, 1.54) is 17.4 Å². The van der Waals surface area contributed by atoms with Crippen LogP contribution in [0.15, 0.2) is 27.0 Å². The number of rotatable bonds is 4. The van der Waals surface area contributed by atoms with Gasteiger partial charge in [0, 0.05) is 24.2 Å². The zero-order valence-electron chi connectivity index (χ0n) is 9.73. The second-order valence-electron chi connectivity index (χ2n) is 3.34. The predicted octanol–water partition coefficient (Wildman–Crippen LogP) is 3.53. The van der Waals surface area contributed by atoms with Gasteiger partial charge < -0.3 is 5.32 Å². The van der Waals surface area contributed by atoms with E-state index in [9.17, 15) is 13.2 Å². The van der Waals surface area contributed by atoms with E-state index in [1.54, 1.807) is 18.5 Å². The van der Waals surface area contributed by atoms with Gasteiger partial charge in [-0.2, -0.15) is 13.2 Å². The first-order chi connectivity index (χ1) is 8.99. The molecule has 0 saturated heterocycles. The van der Waals surface area contributed by atoms with E-state index < -0.39 is 12.0 Å². The first kappa shape index (κ1) is 14.1. The molecule has 0 aromatic carbocycles. The maximum Gasteiger partial charge on any atom is 0.451 e. The van der Waals surface area contributed by atoms with E-state index in [-0.39, 0.29) is 10.8 Å². The Hall–Kier alpha value is -1.35. The Morgan fingerprint density at radius 3 is 2.74 bits per heavy atom. The second-order valence-corrected chi connectivity index (χ2v) is 5.51. The van der Waals surface area contributed by atoms with Gasteiger partial charge in [0.2, 0.25) is 5.82 Å². The van der Waals surface area contributed by atoms with E-state index >= 15 is 0 Å². The second kappa shape index (κ2) is 5.74. The van der Waals surface area contributed by atoms with Crippen molar-refractivity contribution in [1.29, 1.82) is 0 Å². The maximum absolute atomic E-state index is 12.7. The lowest BCUT2D eigenvalue weighted by atomic mass is 10.5. The van der Waals surface area contributed by atoms with Crippen molar-refractivity contribution in [2.75, 3.05) is 11.9 Å². The van der Waals surface area contributed by atoms with Gasteiger partial charge in [-0.25, -0.2) is 15.0 Å². The van der Waals surface area contributed by atoms with Crippen molar-refractivity contribution in [3.05, 3.63) is 23.5 Å². The van der Waals surface area contributed by atoms with Crippen molar-refractivity contribution in [3.63, 3.8) is 0 Å². The van der Waals surface area contributed by atoms with Crippen molar-refractivity contribution in [2.45, 2.75) is 22.5 Å². The summed E-state index contributed by atoms with van der Waals surface area (Å²) in [7, 11) is 0. The van der Waals surface area contributed by atoms with Crippen molar-refractivity contribution in [1.82, 2.24) is 15.0 Å². The fourth-order valence-corrected chi connectivity index (χ4v) is 2.80. The number of hydrogen-bond donors (Lipinski definition) is 1. The number of aromatic nitrogens is 3. The lowest BCUT2D eigenvalue weighted by Crippen LogP contribution is -2.13. The molecule has 0 aliphatic carbocycles. The van der Waals surface area contributed by atoms with Gasteiger partial charge in [0.1, 0.15) is 10.8 Å². The molecule has 2 heterocycles. The first-order valence-electron chi connectivity index (χ1n) is 5.26. The van der Waals surface area contributed by atoms with Gasteiger partial charge in [0.05, 0.1) is 0 Å². The van der Waals surface area contributed by atoms with Crippen LogP contribution in [0.3, 0.4) is 0 Å². The van der Waals surface area contributed by atoms with Crippen LogP contribution in [0.4, 0.5) is 19.0 Å². The van der Waals surface area contributed by atoms with Crippen LogP contribution in [0.5, 0.6) is 0 Å². The number of nitrogens with zero attached hydrogens (tertiary/aromatic N) is 3. The highest BCUT2D eigenvalue weighted by atomic mass is 32.2. The zero-order valence-corrected chi connectivity index (χ0v) is 11.4. The van der Waals surface area contributed by atoms with Gasteiger partial charge in [-0.3, -0.25) is 0 Å². The van der Waals surface area contributed by atoms with Crippen LogP contribution in [0.25, 0.3) is 0 Å². The Morgan fingerprint density at radius 1 is 1.37 bits per heavy atom. The summed E-state index contributed by atoms with van der Waals surface area (Å²) in [6, 6.07) is 1.48. The summed E-state index contributed by atoms with van der Waals surface area (Å²) in [6.45, 7) is 2.26. The Labute approximate surface area is 115 Å². The SMILES string of the molecule is CCNc1cc(Sc2nccs2)nc(C(F)(F)F)n1. The quantitative estimate of drug-likeness (QED) is 0.876. The summed E-state index contributed by atoms with van der Waals surface area (Å²) in [5.41, 5.74) is 0. The molecule has 0 aliphatic rings. The van der Waals surface area contributed by atoms with Crippen LogP contribution < -0.4 is 5.32 Å². The van der Waals surface area contributed by atoms with Gasteiger partial charge in [0.15, 0.2) is 4.34 Å². The lowest BCUT2D eigenvalue weighted by molar-refractivity contribution is -0.145. The topological polar surface area (TPSA) is 50.7 Å². The predicted molar refractivity (Wildman–Crippen MR) is 67.4 cm³/mol. The van der Waals surface area contributed by atoms with Crippen LogP contribution in [-0.2, 0) is 6.18 Å². The minimum absolute atomic E-state index is 0.156. The monoisotopic (exact) mass is 306 g/mol. The number of hydrogen-bond acceptors (Lipinski definition) is 6. The molecular formula is C10H9F3N4S2. The summed E-state index contributed by atoms with van der Waals surface area (Å²) in [4.78, 5) is 11.0. The summed E-state index contributed by atoms with van der Waals surface area (Å²) in [5, 5.41) is 4.72. The molecule has 0 spiro atoms. The molecule has 0 unspecified atom stereocenters.